The highest BCUT2D eigenvalue weighted by Crippen LogP contribution is 2.38. The van der Waals surface area contributed by atoms with Crippen LogP contribution in [0.15, 0.2) is 56.4 Å². The van der Waals surface area contributed by atoms with Gasteiger partial charge >= 0.3 is 0 Å². The maximum absolute atomic E-state index is 13.8. The van der Waals surface area contributed by atoms with Crippen LogP contribution in [0.3, 0.4) is 0 Å². The van der Waals surface area contributed by atoms with Crippen molar-refractivity contribution in [2.24, 2.45) is 0 Å². The van der Waals surface area contributed by atoms with Crippen LogP contribution in [0.1, 0.15) is 28.6 Å². The number of fused-ring (bicyclic) bond motifs is 1. The van der Waals surface area contributed by atoms with Gasteiger partial charge in [-0.2, -0.15) is 0 Å². The molecule has 0 radical (unpaired) electrons. The van der Waals surface area contributed by atoms with Gasteiger partial charge in [0.05, 0.1) is 52.9 Å². The highest BCUT2D eigenvalue weighted by Gasteiger charge is 2.22. The monoisotopic (exact) mass is 456 g/mol. The fraction of sp³-hybridized carbons (Fsp3) is 0.231. The van der Waals surface area contributed by atoms with Crippen molar-refractivity contribution in [2.45, 2.75) is 34.2 Å². The van der Waals surface area contributed by atoms with Crippen molar-refractivity contribution in [3.05, 3.63) is 81.6 Å². The van der Waals surface area contributed by atoms with Crippen LogP contribution < -0.4 is 10.3 Å². The van der Waals surface area contributed by atoms with Crippen molar-refractivity contribution >= 4 is 10.9 Å². The number of methoxy groups -OCH3 is 1. The zero-order valence-electron chi connectivity index (χ0n) is 19.7. The lowest BCUT2D eigenvalue weighted by Crippen LogP contribution is -2.23. The van der Waals surface area contributed by atoms with Gasteiger partial charge in [0.25, 0.3) is 5.56 Å². The quantitative estimate of drug-likeness (QED) is 0.367. The molecular weight excluding hydrogens is 432 g/mol. The van der Waals surface area contributed by atoms with Gasteiger partial charge in [-0.05, 0) is 57.3 Å². The summed E-state index contributed by atoms with van der Waals surface area (Å²) in [6, 6.07) is 11.4. The number of aryl methyl sites for hydroxylation is 4. The third kappa shape index (κ3) is 3.48. The Morgan fingerprint density at radius 2 is 1.56 bits per heavy atom. The number of aromatic nitrogens is 4. The van der Waals surface area contributed by atoms with E-state index in [-0.39, 0.29) is 5.56 Å². The van der Waals surface area contributed by atoms with Crippen LogP contribution in [0.2, 0.25) is 0 Å². The van der Waals surface area contributed by atoms with Crippen molar-refractivity contribution in [2.75, 3.05) is 7.11 Å². The van der Waals surface area contributed by atoms with Crippen LogP contribution in [0, 0.1) is 27.7 Å². The Labute approximate surface area is 195 Å². The predicted molar refractivity (Wildman–Crippen MR) is 128 cm³/mol. The number of pyridine rings is 2. The van der Waals surface area contributed by atoms with E-state index in [9.17, 15) is 4.79 Å². The van der Waals surface area contributed by atoms with E-state index in [1.807, 2.05) is 64.1 Å². The van der Waals surface area contributed by atoms with E-state index in [2.05, 4.69) is 15.3 Å². The molecule has 5 aromatic rings. The molecular formula is C26H24N4O4. The van der Waals surface area contributed by atoms with Gasteiger partial charge in [0.1, 0.15) is 17.3 Å². The van der Waals surface area contributed by atoms with E-state index >= 15 is 0 Å². The maximum atomic E-state index is 13.8. The molecule has 0 amide bonds. The third-order valence-electron chi connectivity index (χ3n) is 6.07. The van der Waals surface area contributed by atoms with Crippen molar-refractivity contribution in [3.63, 3.8) is 0 Å². The zero-order chi connectivity index (χ0) is 24.0. The number of nitrogens with zero attached hydrogens (tertiary/aromatic N) is 4. The molecule has 4 aromatic heterocycles. The van der Waals surface area contributed by atoms with Crippen LogP contribution in [0.25, 0.3) is 33.2 Å². The number of hydrogen-bond donors (Lipinski definition) is 0. The summed E-state index contributed by atoms with van der Waals surface area (Å²) in [5.41, 5.74) is 5.74. The Morgan fingerprint density at radius 1 is 0.912 bits per heavy atom. The fourth-order valence-electron chi connectivity index (χ4n) is 4.50. The lowest BCUT2D eigenvalue weighted by atomic mass is 9.98. The highest BCUT2D eigenvalue weighted by molar-refractivity contribution is 5.92. The maximum Gasteiger partial charge on any atom is 0.259 e. The summed E-state index contributed by atoms with van der Waals surface area (Å²) in [7, 11) is 1.61. The van der Waals surface area contributed by atoms with Crippen LogP contribution in [0.4, 0.5) is 0 Å². The summed E-state index contributed by atoms with van der Waals surface area (Å²) >= 11 is 0. The van der Waals surface area contributed by atoms with Gasteiger partial charge < -0.3 is 18.4 Å². The van der Waals surface area contributed by atoms with Gasteiger partial charge in [-0.1, -0.05) is 16.4 Å². The first kappa shape index (κ1) is 21.6. The van der Waals surface area contributed by atoms with Gasteiger partial charge in [-0.25, -0.2) is 0 Å². The molecule has 0 N–H and O–H groups in total. The second-order valence-electron chi connectivity index (χ2n) is 8.28. The van der Waals surface area contributed by atoms with E-state index in [1.54, 1.807) is 17.9 Å². The Kier molecular flexibility index (Phi) is 5.28. The molecule has 8 heteroatoms. The Morgan fingerprint density at radius 3 is 2.12 bits per heavy atom. The molecule has 0 aliphatic carbocycles. The average Bonchev–Trinajstić information content (AvgIpc) is 3.35. The largest absolute Gasteiger partial charge is 0.496 e. The van der Waals surface area contributed by atoms with E-state index < -0.39 is 0 Å². The van der Waals surface area contributed by atoms with E-state index in [0.717, 1.165) is 33.4 Å². The van der Waals surface area contributed by atoms with Crippen molar-refractivity contribution in [3.8, 4) is 28.0 Å². The molecule has 34 heavy (non-hydrogen) atoms. The van der Waals surface area contributed by atoms with Crippen LogP contribution in [-0.2, 0) is 6.54 Å². The number of ether oxygens (including phenoxy) is 1. The Hall–Kier alpha value is -4.20. The lowest BCUT2D eigenvalue weighted by Gasteiger charge is -2.16. The topological polar surface area (TPSA) is 96.2 Å². The molecule has 0 aliphatic heterocycles. The molecule has 172 valence electrons. The van der Waals surface area contributed by atoms with Gasteiger partial charge in [-0.3, -0.25) is 9.78 Å². The molecule has 0 saturated carbocycles. The fourth-order valence-corrected chi connectivity index (χ4v) is 4.50. The predicted octanol–water partition coefficient (Wildman–Crippen LogP) is 5.00. The summed E-state index contributed by atoms with van der Waals surface area (Å²) in [6.45, 7) is 7.72. The van der Waals surface area contributed by atoms with E-state index in [0.29, 0.717) is 40.6 Å². The van der Waals surface area contributed by atoms with Crippen molar-refractivity contribution in [1.29, 1.82) is 0 Å². The zero-order valence-corrected chi connectivity index (χ0v) is 19.7. The van der Waals surface area contributed by atoms with Crippen LogP contribution in [-0.4, -0.2) is 27.0 Å². The smallest absolute Gasteiger partial charge is 0.259 e. The average molecular weight is 457 g/mol. The first-order chi connectivity index (χ1) is 16.4. The molecule has 0 saturated heterocycles. The van der Waals surface area contributed by atoms with Crippen molar-refractivity contribution in [1.82, 2.24) is 19.9 Å². The molecule has 5 rings (SSSR count). The first-order valence-electron chi connectivity index (χ1n) is 10.9. The Balaban J connectivity index is 1.86. The van der Waals surface area contributed by atoms with Crippen LogP contribution in [0.5, 0.6) is 5.75 Å². The summed E-state index contributed by atoms with van der Waals surface area (Å²) in [5.74, 6) is 1.92. The molecule has 0 atom stereocenters. The molecule has 1 aromatic carbocycles. The van der Waals surface area contributed by atoms with E-state index in [4.69, 9.17) is 13.8 Å². The third-order valence-corrected chi connectivity index (χ3v) is 6.07. The summed E-state index contributed by atoms with van der Waals surface area (Å²) in [6.07, 6.45) is 1.72. The second kappa shape index (κ2) is 8.30. The minimum Gasteiger partial charge on any atom is -0.496 e. The minimum absolute atomic E-state index is 0.153. The number of benzene rings is 1. The highest BCUT2D eigenvalue weighted by atomic mass is 16.5. The summed E-state index contributed by atoms with van der Waals surface area (Å²) in [4.78, 5) is 18.2. The number of hydrogen-bond acceptors (Lipinski definition) is 7. The molecule has 8 nitrogen and oxygen atoms in total. The van der Waals surface area contributed by atoms with Gasteiger partial charge in [0.15, 0.2) is 0 Å². The second-order valence-corrected chi connectivity index (χ2v) is 8.28. The molecule has 0 bridgehead atoms. The molecule has 0 fully saturated rings. The van der Waals surface area contributed by atoms with Crippen LogP contribution >= 0.6 is 0 Å². The van der Waals surface area contributed by atoms with Gasteiger partial charge in [0.2, 0.25) is 0 Å². The summed E-state index contributed by atoms with van der Waals surface area (Å²) < 4.78 is 18.3. The molecule has 4 heterocycles. The minimum atomic E-state index is -0.153. The van der Waals surface area contributed by atoms with Crippen molar-refractivity contribution < 1.29 is 13.8 Å². The standard InChI is InChI=1S/C26H24N4O4/c1-14-24(16(3)33-28-14)20-10-18-11-21(25-15(2)29-34-17(25)4)26(31)30(22(18)12-23(20)32-5)13-19-8-6-7-9-27-19/h6-12H,13H2,1-5H3. The number of rotatable bonds is 5. The molecule has 0 aliphatic rings. The summed E-state index contributed by atoms with van der Waals surface area (Å²) in [5, 5.41) is 9.02. The lowest BCUT2D eigenvalue weighted by molar-refractivity contribution is 0.393. The SMILES string of the molecule is COc1cc2c(cc1-c1c(C)noc1C)cc(-c1c(C)noc1C)c(=O)n2Cc1ccccn1. The first-order valence-corrected chi connectivity index (χ1v) is 10.9. The normalized spacial score (nSPS) is 11.3. The van der Waals surface area contributed by atoms with Gasteiger partial charge in [0, 0.05) is 17.8 Å². The molecule has 0 spiro atoms. The Bertz CT molecular complexity index is 1540. The van der Waals surface area contributed by atoms with Gasteiger partial charge in [-0.15, -0.1) is 0 Å². The van der Waals surface area contributed by atoms with E-state index in [1.165, 1.54) is 0 Å². The molecule has 0 unspecified atom stereocenters.